The van der Waals surface area contributed by atoms with Gasteiger partial charge in [0.15, 0.2) is 0 Å². The number of rotatable bonds is 12. The molecule has 0 N–H and O–H groups in total. The summed E-state index contributed by atoms with van der Waals surface area (Å²) in [6.45, 7) is 8.00. The van der Waals surface area contributed by atoms with Gasteiger partial charge >= 0.3 is 54.8 Å². The van der Waals surface area contributed by atoms with Crippen LogP contribution >= 0.6 is 0 Å². The summed E-state index contributed by atoms with van der Waals surface area (Å²) in [6.07, 6.45) is 10.2. The van der Waals surface area contributed by atoms with Crippen molar-refractivity contribution in [1.29, 1.82) is 0 Å². The Kier molecular flexibility index (Phi) is 32.6. The summed E-state index contributed by atoms with van der Waals surface area (Å²) in [6, 6.07) is 72.4. The van der Waals surface area contributed by atoms with Crippen molar-refractivity contribution < 1.29 is 101 Å². The summed E-state index contributed by atoms with van der Waals surface area (Å²) in [7, 11) is -16.0. The van der Waals surface area contributed by atoms with E-state index < -0.39 is 34.2 Å². The van der Waals surface area contributed by atoms with E-state index in [1.165, 1.54) is 51.4 Å². The molecular formula is C64H72FeLi2O10Si4. The van der Waals surface area contributed by atoms with Gasteiger partial charge in [-0.15, -0.1) is 0 Å². The van der Waals surface area contributed by atoms with Crippen LogP contribution in [0, 0.1) is 0 Å². The molecule has 0 atom stereocenters. The smallest absolute Gasteiger partial charge is 0.832 e. The van der Waals surface area contributed by atoms with Crippen LogP contribution in [0.4, 0.5) is 0 Å². The van der Waals surface area contributed by atoms with Crippen LogP contribution in [0.15, 0.2) is 243 Å². The Morgan fingerprint density at radius 2 is 0.333 bits per heavy atom. The topological polar surface area (TPSA) is 148 Å². The maximum Gasteiger partial charge on any atom is 2.00 e. The molecule has 17 heteroatoms. The molecule has 12 rings (SSSR count). The average molecular weight is 1180 g/mol. The number of ether oxygens (including phenoxy) is 4. The zero-order chi connectivity index (χ0) is 54.5. The van der Waals surface area contributed by atoms with Crippen LogP contribution in [0.2, 0.25) is 0 Å². The fourth-order valence-corrected chi connectivity index (χ4v) is 22.2. The molecule has 10 nitrogen and oxygen atoms in total. The van der Waals surface area contributed by atoms with Gasteiger partial charge in [0.25, 0.3) is 0 Å². The second-order valence-corrected chi connectivity index (χ2v) is 30.1. The van der Waals surface area contributed by atoms with Crippen LogP contribution < -0.4 is 98.4 Å². The molecule has 0 aromatic heterocycles. The molecule has 414 valence electrons. The van der Waals surface area contributed by atoms with Crippen molar-refractivity contribution in [2.24, 2.45) is 0 Å². The molecule has 0 aliphatic carbocycles. The largest absolute Gasteiger partial charge is 2.00 e. The van der Waals surface area contributed by atoms with E-state index in [1.54, 1.807) is 97.1 Å². The second-order valence-electron chi connectivity index (χ2n) is 18.9. The minimum Gasteiger partial charge on any atom is -0.832 e. The molecule has 0 amide bonds. The molecule has 4 aliphatic rings. The zero-order valence-electron chi connectivity index (χ0n) is 46.8. The SMILES string of the molecule is C1CCOC1.C1CCOC1.C1CCOC1.C1CCOC1.[Fe+2].[Li+].[Li+].[O-][Si](O[Si]([O-])(c1ccccc1)c1ccccc1)(c1ccccc1)c1ccccc1.[O-][Si](O[Si]([O-])(c1ccccc1)c1ccccc1)(c1ccccc1)c1ccccc1. The maximum absolute atomic E-state index is 14.4. The molecule has 4 saturated heterocycles. The molecule has 4 heterocycles. The van der Waals surface area contributed by atoms with E-state index in [0.29, 0.717) is 41.5 Å². The fourth-order valence-electron chi connectivity index (χ4n) is 8.84. The first-order valence-corrected chi connectivity index (χ1v) is 34.5. The zero-order valence-corrected chi connectivity index (χ0v) is 51.9. The molecule has 8 aromatic rings. The first-order valence-electron chi connectivity index (χ1n) is 27.2. The normalized spacial score (nSPS) is 14.5. The summed E-state index contributed by atoms with van der Waals surface area (Å²) in [4.78, 5) is 57.7. The van der Waals surface area contributed by atoms with E-state index in [1.807, 2.05) is 146 Å². The van der Waals surface area contributed by atoms with Crippen molar-refractivity contribution in [1.82, 2.24) is 0 Å². The Labute approximate surface area is 519 Å². The van der Waals surface area contributed by atoms with Gasteiger partial charge in [0.2, 0.25) is 0 Å². The number of benzene rings is 8. The van der Waals surface area contributed by atoms with Crippen LogP contribution in [0.1, 0.15) is 51.4 Å². The molecule has 0 bridgehead atoms. The first-order chi connectivity index (χ1) is 38.3. The second kappa shape index (κ2) is 38.0. The maximum atomic E-state index is 14.4. The third-order valence-corrected chi connectivity index (χ3v) is 26.5. The standard InChI is InChI=1S/2C24H20O3Si2.4C4H8O.Fe.2Li/c2*25-28(21-13-5-1-6-14-21,22-15-7-2-8-16-22)27-29(26,23-17-9-3-10-18-23)24-19-11-4-12-20-24;4*1-2-4-5-3-1;;;/h2*1-20H;4*1-4H2;;;/q2*-2;;;;;+2;2*+1. The van der Waals surface area contributed by atoms with Gasteiger partial charge in [-0.1, -0.05) is 243 Å². The van der Waals surface area contributed by atoms with Gasteiger partial charge in [0.1, 0.15) is 34.2 Å². The van der Waals surface area contributed by atoms with Crippen molar-refractivity contribution in [3.63, 3.8) is 0 Å². The van der Waals surface area contributed by atoms with Crippen molar-refractivity contribution in [3.05, 3.63) is 243 Å². The van der Waals surface area contributed by atoms with Gasteiger partial charge in [-0.25, -0.2) is 0 Å². The van der Waals surface area contributed by atoms with Crippen LogP contribution in [0.3, 0.4) is 0 Å². The molecule has 0 saturated carbocycles. The van der Waals surface area contributed by atoms with Crippen LogP contribution in [0.25, 0.3) is 0 Å². The number of hydrogen-bond acceptors (Lipinski definition) is 10. The van der Waals surface area contributed by atoms with Gasteiger partial charge in [0.05, 0.1) is 0 Å². The van der Waals surface area contributed by atoms with E-state index in [4.69, 9.17) is 27.2 Å². The molecule has 8 aromatic carbocycles. The van der Waals surface area contributed by atoms with E-state index in [0.717, 1.165) is 52.9 Å². The summed E-state index contributed by atoms with van der Waals surface area (Å²) in [5.74, 6) is 0. The Morgan fingerprint density at radius 3 is 0.420 bits per heavy atom. The van der Waals surface area contributed by atoms with E-state index >= 15 is 0 Å². The minimum atomic E-state index is -4.00. The van der Waals surface area contributed by atoms with Crippen molar-refractivity contribution in [3.8, 4) is 0 Å². The molecular weight excluding hydrogens is 1110 g/mol. The Morgan fingerprint density at radius 1 is 0.222 bits per heavy atom. The number of hydrogen-bond donors (Lipinski definition) is 0. The fraction of sp³-hybridized carbons (Fsp3) is 0.250. The van der Waals surface area contributed by atoms with Crippen LogP contribution in [0.5, 0.6) is 0 Å². The molecule has 0 spiro atoms. The van der Waals surface area contributed by atoms with Crippen LogP contribution in [-0.2, 0) is 44.2 Å². The van der Waals surface area contributed by atoms with Gasteiger partial charge in [0, 0.05) is 52.9 Å². The van der Waals surface area contributed by atoms with Crippen molar-refractivity contribution in [2.45, 2.75) is 51.4 Å². The predicted octanol–water partition coefficient (Wildman–Crippen LogP) is -2.33. The summed E-state index contributed by atoms with van der Waals surface area (Å²) < 4.78 is 32.5. The molecule has 0 radical (unpaired) electrons. The molecule has 4 fully saturated rings. The van der Waals surface area contributed by atoms with Gasteiger partial charge in [-0.3, -0.25) is 0 Å². The Balaban J connectivity index is 0.000000251. The summed E-state index contributed by atoms with van der Waals surface area (Å²) in [5, 5.41) is 4.38. The Bertz CT molecular complexity index is 2240. The third-order valence-electron chi connectivity index (χ3n) is 13.1. The van der Waals surface area contributed by atoms with Gasteiger partial charge in [-0.2, -0.15) is 0 Å². The minimum absolute atomic E-state index is 0. The van der Waals surface area contributed by atoms with Crippen molar-refractivity contribution in [2.75, 3.05) is 52.9 Å². The quantitative estimate of drug-likeness (QED) is 0.122. The van der Waals surface area contributed by atoms with E-state index in [-0.39, 0.29) is 54.8 Å². The first kappa shape index (κ1) is 69.4. The van der Waals surface area contributed by atoms with Crippen molar-refractivity contribution >= 4 is 75.7 Å². The molecule has 4 aliphatic heterocycles. The van der Waals surface area contributed by atoms with Crippen LogP contribution in [-0.4, -0.2) is 87.1 Å². The average Bonchev–Trinajstić information content (AvgIpc) is 4.51. The summed E-state index contributed by atoms with van der Waals surface area (Å²) >= 11 is 0. The van der Waals surface area contributed by atoms with E-state index in [9.17, 15) is 19.2 Å². The predicted molar refractivity (Wildman–Crippen MR) is 314 cm³/mol. The molecule has 81 heavy (non-hydrogen) atoms. The van der Waals surface area contributed by atoms with Gasteiger partial charge in [-0.05, 0) is 92.9 Å². The third kappa shape index (κ3) is 21.2. The monoisotopic (exact) mass is 1180 g/mol. The summed E-state index contributed by atoms with van der Waals surface area (Å²) in [5.41, 5.74) is 0. The Hall–Kier alpha value is -4.06. The van der Waals surface area contributed by atoms with E-state index in [2.05, 4.69) is 0 Å². The van der Waals surface area contributed by atoms with Gasteiger partial charge < -0.3 is 46.4 Å². The molecule has 0 unspecified atom stereocenters.